The summed E-state index contributed by atoms with van der Waals surface area (Å²) in [6.07, 6.45) is 4.21. The highest BCUT2D eigenvalue weighted by Gasteiger charge is 2.35. The first-order valence-electron chi connectivity index (χ1n) is 5.53. The van der Waals surface area contributed by atoms with Crippen molar-refractivity contribution in [2.45, 2.75) is 50.7 Å². The SMILES string of the molecule is CN(CC1(O)CCCC1)C(C)(C)CN. The molecule has 84 valence electrons. The van der Waals surface area contributed by atoms with Crippen molar-refractivity contribution < 1.29 is 5.11 Å². The molecule has 0 saturated heterocycles. The van der Waals surface area contributed by atoms with Crippen LogP contribution in [-0.4, -0.2) is 41.3 Å². The van der Waals surface area contributed by atoms with Gasteiger partial charge in [0.2, 0.25) is 0 Å². The summed E-state index contributed by atoms with van der Waals surface area (Å²) >= 11 is 0. The predicted molar refractivity (Wildman–Crippen MR) is 59.2 cm³/mol. The monoisotopic (exact) mass is 200 g/mol. The van der Waals surface area contributed by atoms with Crippen LogP contribution in [0.15, 0.2) is 0 Å². The zero-order chi connectivity index (χ0) is 10.8. The minimum atomic E-state index is -0.457. The van der Waals surface area contributed by atoms with E-state index in [1.54, 1.807) is 0 Å². The van der Waals surface area contributed by atoms with Gasteiger partial charge in [-0.1, -0.05) is 12.8 Å². The van der Waals surface area contributed by atoms with E-state index in [1.165, 1.54) is 0 Å². The Hall–Kier alpha value is -0.120. The predicted octanol–water partition coefficient (Wildman–Crippen LogP) is 0.961. The minimum absolute atomic E-state index is 0.0156. The van der Waals surface area contributed by atoms with Gasteiger partial charge < -0.3 is 10.8 Å². The second-order valence-corrected chi connectivity index (χ2v) is 5.30. The molecule has 0 heterocycles. The topological polar surface area (TPSA) is 49.5 Å². The lowest BCUT2D eigenvalue weighted by atomic mass is 9.97. The molecule has 0 bridgehead atoms. The summed E-state index contributed by atoms with van der Waals surface area (Å²) in [5.41, 5.74) is 5.23. The molecule has 1 rings (SSSR count). The van der Waals surface area contributed by atoms with Crippen LogP contribution in [0.1, 0.15) is 39.5 Å². The number of nitrogens with two attached hydrogens (primary N) is 1. The van der Waals surface area contributed by atoms with Gasteiger partial charge in [-0.05, 0) is 33.7 Å². The van der Waals surface area contributed by atoms with Gasteiger partial charge in [0.25, 0.3) is 0 Å². The molecule has 0 aromatic rings. The molecule has 1 aliphatic carbocycles. The number of nitrogens with zero attached hydrogens (tertiary/aromatic N) is 1. The molecule has 0 atom stereocenters. The largest absolute Gasteiger partial charge is 0.389 e. The van der Waals surface area contributed by atoms with Gasteiger partial charge >= 0.3 is 0 Å². The van der Waals surface area contributed by atoms with Crippen molar-refractivity contribution in [3.05, 3.63) is 0 Å². The Morgan fingerprint density at radius 1 is 1.36 bits per heavy atom. The van der Waals surface area contributed by atoms with Gasteiger partial charge in [0.05, 0.1) is 5.60 Å². The summed E-state index contributed by atoms with van der Waals surface area (Å²) in [7, 11) is 2.04. The highest BCUT2D eigenvalue weighted by Crippen LogP contribution is 2.31. The smallest absolute Gasteiger partial charge is 0.0774 e. The van der Waals surface area contributed by atoms with Gasteiger partial charge in [-0.15, -0.1) is 0 Å². The molecule has 3 nitrogen and oxygen atoms in total. The summed E-state index contributed by atoms with van der Waals surface area (Å²) in [5.74, 6) is 0. The van der Waals surface area contributed by atoms with Gasteiger partial charge in [0.1, 0.15) is 0 Å². The van der Waals surface area contributed by atoms with Crippen molar-refractivity contribution in [1.29, 1.82) is 0 Å². The van der Waals surface area contributed by atoms with Crippen LogP contribution >= 0.6 is 0 Å². The first-order valence-corrected chi connectivity index (χ1v) is 5.53. The molecule has 0 unspecified atom stereocenters. The Labute approximate surface area is 87.3 Å². The highest BCUT2D eigenvalue weighted by atomic mass is 16.3. The van der Waals surface area contributed by atoms with Crippen molar-refractivity contribution in [3.8, 4) is 0 Å². The molecule has 0 spiro atoms. The molecule has 1 saturated carbocycles. The average molecular weight is 200 g/mol. The highest BCUT2D eigenvalue weighted by molar-refractivity contribution is 4.91. The molecule has 1 aliphatic rings. The standard InChI is InChI=1S/C11H24N2O/c1-10(2,8-12)13(3)9-11(14)6-4-5-7-11/h14H,4-9,12H2,1-3H3. The van der Waals surface area contributed by atoms with Crippen LogP contribution in [0.4, 0.5) is 0 Å². The van der Waals surface area contributed by atoms with E-state index in [0.717, 1.165) is 32.2 Å². The zero-order valence-corrected chi connectivity index (χ0v) is 9.71. The molecule has 0 aromatic heterocycles. The second kappa shape index (κ2) is 4.17. The van der Waals surface area contributed by atoms with Crippen LogP contribution in [0.5, 0.6) is 0 Å². The van der Waals surface area contributed by atoms with Crippen LogP contribution in [0.25, 0.3) is 0 Å². The third kappa shape index (κ3) is 2.69. The van der Waals surface area contributed by atoms with E-state index in [4.69, 9.17) is 5.73 Å². The summed E-state index contributed by atoms with van der Waals surface area (Å²) in [5, 5.41) is 10.2. The Morgan fingerprint density at radius 2 is 1.86 bits per heavy atom. The number of hydrogen-bond donors (Lipinski definition) is 2. The molecular formula is C11H24N2O. The van der Waals surface area contributed by atoms with E-state index >= 15 is 0 Å². The van der Waals surface area contributed by atoms with Gasteiger partial charge in [0, 0.05) is 18.6 Å². The lowest BCUT2D eigenvalue weighted by Gasteiger charge is -2.39. The fourth-order valence-electron chi connectivity index (χ4n) is 2.00. The maximum atomic E-state index is 10.2. The Balaban J connectivity index is 2.51. The van der Waals surface area contributed by atoms with Crippen molar-refractivity contribution in [2.24, 2.45) is 5.73 Å². The van der Waals surface area contributed by atoms with Gasteiger partial charge in [-0.2, -0.15) is 0 Å². The van der Waals surface area contributed by atoms with Crippen LogP contribution in [0.2, 0.25) is 0 Å². The molecule has 0 aromatic carbocycles. The van der Waals surface area contributed by atoms with Crippen LogP contribution < -0.4 is 5.73 Å². The lowest BCUT2D eigenvalue weighted by Crippen LogP contribution is -2.52. The Bertz CT molecular complexity index is 186. The number of β-amino-alcohol motifs (C(OH)–C–C–N with tert-alkyl or cyclic N) is 1. The Morgan fingerprint density at radius 3 is 2.29 bits per heavy atom. The van der Waals surface area contributed by atoms with Crippen LogP contribution in [0, 0.1) is 0 Å². The van der Waals surface area contributed by atoms with Crippen molar-refractivity contribution >= 4 is 0 Å². The van der Waals surface area contributed by atoms with Crippen molar-refractivity contribution in [1.82, 2.24) is 4.90 Å². The molecule has 3 N–H and O–H groups in total. The first kappa shape index (κ1) is 12.0. The van der Waals surface area contributed by atoms with E-state index in [-0.39, 0.29) is 5.54 Å². The van der Waals surface area contributed by atoms with Gasteiger partial charge in [0.15, 0.2) is 0 Å². The van der Waals surface area contributed by atoms with E-state index in [2.05, 4.69) is 18.7 Å². The lowest BCUT2D eigenvalue weighted by molar-refractivity contribution is -0.00871. The van der Waals surface area contributed by atoms with E-state index in [0.29, 0.717) is 6.54 Å². The fraction of sp³-hybridized carbons (Fsp3) is 1.00. The third-order valence-electron chi connectivity index (χ3n) is 3.60. The summed E-state index contributed by atoms with van der Waals surface area (Å²) in [6, 6.07) is 0. The first-order chi connectivity index (χ1) is 6.40. The molecule has 14 heavy (non-hydrogen) atoms. The van der Waals surface area contributed by atoms with E-state index in [1.807, 2.05) is 7.05 Å². The number of likely N-dealkylation sites (N-methyl/N-ethyl adjacent to an activating group) is 1. The second-order valence-electron chi connectivity index (χ2n) is 5.30. The summed E-state index contributed by atoms with van der Waals surface area (Å²) < 4.78 is 0. The Kier molecular flexibility index (Phi) is 3.56. The average Bonchev–Trinajstić information content (AvgIpc) is 2.52. The van der Waals surface area contributed by atoms with Crippen LogP contribution in [0.3, 0.4) is 0 Å². The maximum Gasteiger partial charge on any atom is 0.0774 e. The minimum Gasteiger partial charge on any atom is -0.389 e. The molecule has 0 amide bonds. The summed E-state index contributed by atoms with van der Waals surface area (Å²) in [4.78, 5) is 2.18. The molecule has 3 heteroatoms. The normalized spacial score (nSPS) is 21.9. The molecule has 1 fully saturated rings. The maximum absolute atomic E-state index is 10.2. The third-order valence-corrected chi connectivity index (χ3v) is 3.60. The quantitative estimate of drug-likeness (QED) is 0.710. The number of aliphatic hydroxyl groups is 1. The number of hydrogen-bond acceptors (Lipinski definition) is 3. The molecule has 0 aliphatic heterocycles. The number of rotatable bonds is 4. The molecule has 0 radical (unpaired) electrons. The van der Waals surface area contributed by atoms with Crippen molar-refractivity contribution in [3.63, 3.8) is 0 Å². The van der Waals surface area contributed by atoms with Gasteiger partial charge in [-0.25, -0.2) is 0 Å². The van der Waals surface area contributed by atoms with E-state index < -0.39 is 5.60 Å². The van der Waals surface area contributed by atoms with Gasteiger partial charge in [-0.3, -0.25) is 4.90 Å². The molecular weight excluding hydrogens is 176 g/mol. The summed E-state index contributed by atoms with van der Waals surface area (Å²) in [6.45, 7) is 5.60. The fourth-order valence-corrected chi connectivity index (χ4v) is 2.00. The van der Waals surface area contributed by atoms with E-state index in [9.17, 15) is 5.11 Å². The van der Waals surface area contributed by atoms with Crippen LogP contribution in [-0.2, 0) is 0 Å². The zero-order valence-electron chi connectivity index (χ0n) is 9.71. The van der Waals surface area contributed by atoms with Crippen molar-refractivity contribution in [2.75, 3.05) is 20.1 Å².